The van der Waals surface area contributed by atoms with E-state index >= 15 is 0 Å². The molecule has 1 amide bonds. The van der Waals surface area contributed by atoms with E-state index in [1.807, 2.05) is 13.1 Å². The summed E-state index contributed by atoms with van der Waals surface area (Å²) in [7, 11) is 0. The van der Waals surface area contributed by atoms with Crippen molar-refractivity contribution in [2.45, 2.75) is 50.7 Å². The predicted octanol–water partition coefficient (Wildman–Crippen LogP) is 4.69. The van der Waals surface area contributed by atoms with Gasteiger partial charge in [-0.2, -0.15) is 23.4 Å². The number of carbonyl (C=O) groups is 1. The Bertz CT molecular complexity index is 1030. The van der Waals surface area contributed by atoms with Crippen molar-refractivity contribution in [2.75, 3.05) is 5.32 Å². The standard InChI is InChI=1S/C21H22F3N5O/c1-15-13-26-29(14-15)20(8-3-2-4-9-20)19(30)27-17-7-6-16(21(22,23)24)12-18(17)28-11-5-10-25-28/h5-7,10-14H,2-4,8-9H2,1H3,(H,27,30). The average Bonchev–Trinajstić information content (AvgIpc) is 3.40. The van der Waals surface area contributed by atoms with Crippen molar-refractivity contribution in [1.29, 1.82) is 0 Å². The Morgan fingerprint density at radius 1 is 1.17 bits per heavy atom. The number of aromatic nitrogens is 4. The van der Waals surface area contributed by atoms with Gasteiger partial charge < -0.3 is 5.32 Å². The van der Waals surface area contributed by atoms with E-state index in [2.05, 4.69) is 15.5 Å². The molecular formula is C21H22F3N5O. The highest BCUT2D eigenvalue weighted by Crippen LogP contribution is 2.37. The fourth-order valence-corrected chi connectivity index (χ4v) is 4.00. The van der Waals surface area contributed by atoms with E-state index in [1.165, 1.54) is 16.9 Å². The van der Waals surface area contributed by atoms with Gasteiger partial charge in [-0.3, -0.25) is 9.48 Å². The molecule has 0 spiro atoms. The van der Waals surface area contributed by atoms with Crippen molar-refractivity contribution in [3.8, 4) is 5.69 Å². The lowest BCUT2D eigenvalue weighted by Crippen LogP contribution is -2.47. The van der Waals surface area contributed by atoms with Gasteiger partial charge in [0.1, 0.15) is 5.54 Å². The van der Waals surface area contributed by atoms with Crippen LogP contribution in [0.2, 0.25) is 0 Å². The molecule has 0 aliphatic heterocycles. The lowest BCUT2D eigenvalue weighted by atomic mass is 9.81. The first kappa shape index (κ1) is 20.2. The number of amides is 1. The Balaban J connectivity index is 1.73. The van der Waals surface area contributed by atoms with Crippen molar-refractivity contribution in [2.24, 2.45) is 0 Å². The minimum atomic E-state index is -4.50. The molecule has 2 aromatic heterocycles. The lowest BCUT2D eigenvalue weighted by molar-refractivity contribution is -0.137. The molecule has 0 unspecified atom stereocenters. The van der Waals surface area contributed by atoms with Crippen molar-refractivity contribution < 1.29 is 18.0 Å². The summed E-state index contributed by atoms with van der Waals surface area (Å²) in [5.41, 5.74) is -0.298. The fraction of sp³-hybridized carbons (Fsp3) is 0.381. The molecule has 2 heterocycles. The Labute approximate surface area is 171 Å². The highest BCUT2D eigenvalue weighted by atomic mass is 19.4. The number of rotatable bonds is 4. The number of halogens is 3. The normalized spacial score (nSPS) is 16.4. The predicted molar refractivity (Wildman–Crippen MR) is 105 cm³/mol. The van der Waals surface area contributed by atoms with Crippen LogP contribution in [0.1, 0.15) is 43.2 Å². The largest absolute Gasteiger partial charge is 0.416 e. The van der Waals surface area contributed by atoms with Gasteiger partial charge in [-0.1, -0.05) is 19.3 Å². The highest BCUT2D eigenvalue weighted by Gasteiger charge is 2.42. The molecule has 9 heteroatoms. The monoisotopic (exact) mass is 417 g/mol. The Hall–Kier alpha value is -3.10. The van der Waals surface area contributed by atoms with Crippen LogP contribution < -0.4 is 5.32 Å². The van der Waals surface area contributed by atoms with E-state index in [-0.39, 0.29) is 17.3 Å². The number of hydrogen-bond acceptors (Lipinski definition) is 3. The Morgan fingerprint density at radius 3 is 2.53 bits per heavy atom. The van der Waals surface area contributed by atoms with Crippen molar-refractivity contribution in [3.05, 3.63) is 60.2 Å². The second-order valence-corrected chi connectivity index (χ2v) is 7.69. The maximum atomic E-state index is 13.5. The van der Waals surface area contributed by atoms with Gasteiger partial charge in [-0.05, 0) is 49.6 Å². The topological polar surface area (TPSA) is 64.7 Å². The van der Waals surface area contributed by atoms with Gasteiger partial charge in [0.15, 0.2) is 0 Å². The molecule has 0 atom stereocenters. The smallest absolute Gasteiger partial charge is 0.322 e. The van der Waals surface area contributed by atoms with Crippen LogP contribution in [0.15, 0.2) is 49.1 Å². The number of aryl methyl sites for hydroxylation is 1. The first-order valence-corrected chi connectivity index (χ1v) is 9.84. The van der Waals surface area contributed by atoms with Gasteiger partial charge in [-0.15, -0.1) is 0 Å². The molecule has 4 rings (SSSR count). The molecule has 1 saturated carbocycles. The number of alkyl halides is 3. The number of hydrogen-bond donors (Lipinski definition) is 1. The molecular weight excluding hydrogens is 395 g/mol. The summed E-state index contributed by atoms with van der Waals surface area (Å²) in [4.78, 5) is 13.5. The third kappa shape index (κ3) is 3.71. The summed E-state index contributed by atoms with van der Waals surface area (Å²) in [6, 6.07) is 4.85. The lowest BCUT2D eigenvalue weighted by Gasteiger charge is -2.36. The molecule has 3 aromatic rings. The molecule has 1 fully saturated rings. The van der Waals surface area contributed by atoms with Crippen molar-refractivity contribution >= 4 is 11.6 Å². The summed E-state index contributed by atoms with van der Waals surface area (Å²) in [5, 5.41) is 11.3. The fourth-order valence-electron chi connectivity index (χ4n) is 4.00. The number of nitrogens with one attached hydrogen (secondary N) is 1. The Morgan fingerprint density at radius 2 is 1.93 bits per heavy atom. The van der Waals surface area contributed by atoms with Crippen molar-refractivity contribution in [3.63, 3.8) is 0 Å². The summed E-state index contributed by atoms with van der Waals surface area (Å²) in [6.07, 6.45) is 6.10. The van der Waals surface area contributed by atoms with E-state index in [1.54, 1.807) is 23.1 Å². The summed E-state index contributed by atoms with van der Waals surface area (Å²) in [6.45, 7) is 1.91. The van der Waals surface area contributed by atoms with E-state index in [9.17, 15) is 18.0 Å². The zero-order valence-electron chi connectivity index (χ0n) is 16.5. The number of benzene rings is 1. The third-order valence-corrected chi connectivity index (χ3v) is 5.58. The number of nitrogens with zero attached hydrogens (tertiary/aromatic N) is 4. The van der Waals surface area contributed by atoms with Crippen LogP contribution in [0.4, 0.5) is 18.9 Å². The van der Waals surface area contributed by atoms with Gasteiger partial charge in [-0.25, -0.2) is 4.68 Å². The zero-order chi connectivity index (χ0) is 21.4. The third-order valence-electron chi connectivity index (χ3n) is 5.58. The van der Waals surface area contributed by atoms with E-state index < -0.39 is 17.3 Å². The molecule has 0 saturated heterocycles. The van der Waals surface area contributed by atoms with Crippen LogP contribution in [-0.2, 0) is 16.5 Å². The average molecular weight is 417 g/mol. The zero-order valence-corrected chi connectivity index (χ0v) is 16.5. The molecule has 1 N–H and O–H groups in total. The van der Waals surface area contributed by atoms with Gasteiger partial charge in [0.05, 0.1) is 23.1 Å². The molecule has 158 valence electrons. The molecule has 1 aliphatic rings. The van der Waals surface area contributed by atoms with Crippen LogP contribution in [0.25, 0.3) is 5.69 Å². The second kappa shape index (κ2) is 7.62. The van der Waals surface area contributed by atoms with Gasteiger partial charge in [0, 0.05) is 18.6 Å². The summed E-state index contributed by atoms with van der Waals surface area (Å²) in [5.74, 6) is -0.279. The van der Waals surface area contributed by atoms with Gasteiger partial charge in [0.2, 0.25) is 0 Å². The SMILES string of the molecule is Cc1cnn(C2(C(=O)Nc3ccc(C(F)(F)F)cc3-n3cccn3)CCCCC2)c1. The van der Waals surface area contributed by atoms with E-state index in [4.69, 9.17) is 0 Å². The molecule has 6 nitrogen and oxygen atoms in total. The second-order valence-electron chi connectivity index (χ2n) is 7.69. The molecule has 30 heavy (non-hydrogen) atoms. The highest BCUT2D eigenvalue weighted by molar-refractivity contribution is 5.98. The van der Waals surface area contributed by atoms with E-state index in [0.717, 1.165) is 37.0 Å². The number of carbonyl (C=O) groups excluding carboxylic acids is 1. The van der Waals surface area contributed by atoms with E-state index in [0.29, 0.717) is 12.8 Å². The first-order valence-electron chi connectivity index (χ1n) is 9.84. The Kier molecular flexibility index (Phi) is 5.13. The molecule has 1 aliphatic carbocycles. The van der Waals surface area contributed by atoms with Crippen molar-refractivity contribution in [1.82, 2.24) is 19.6 Å². The van der Waals surface area contributed by atoms with Crippen LogP contribution in [-0.4, -0.2) is 25.5 Å². The van der Waals surface area contributed by atoms with Crippen LogP contribution in [0.3, 0.4) is 0 Å². The summed E-state index contributed by atoms with van der Waals surface area (Å²) >= 11 is 0. The maximum Gasteiger partial charge on any atom is 0.416 e. The van der Waals surface area contributed by atoms with Gasteiger partial charge >= 0.3 is 6.18 Å². The number of anilines is 1. The van der Waals surface area contributed by atoms with Gasteiger partial charge in [0.25, 0.3) is 5.91 Å². The first-order chi connectivity index (χ1) is 14.3. The molecule has 0 bridgehead atoms. The molecule has 0 radical (unpaired) electrons. The quantitative estimate of drug-likeness (QED) is 0.670. The van der Waals surface area contributed by atoms with Crippen LogP contribution >= 0.6 is 0 Å². The minimum absolute atomic E-state index is 0.158. The van der Waals surface area contributed by atoms with Crippen LogP contribution in [0, 0.1) is 6.92 Å². The van der Waals surface area contributed by atoms with Crippen LogP contribution in [0.5, 0.6) is 0 Å². The maximum absolute atomic E-state index is 13.5. The molecule has 1 aromatic carbocycles. The minimum Gasteiger partial charge on any atom is -0.322 e. The summed E-state index contributed by atoms with van der Waals surface area (Å²) < 4.78 is 42.8.